The van der Waals surface area contributed by atoms with Crippen molar-refractivity contribution in [1.29, 1.82) is 0 Å². The molecule has 1 aliphatic heterocycles. The maximum Gasteiger partial charge on any atom is 0.266 e. The zero-order chi connectivity index (χ0) is 16.4. The van der Waals surface area contributed by atoms with Crippen LogP contribution in [0.1, 0.15) is 5.56 Å². The summed E-state index contributed by atoms with van der Waals surface area (Å²) in [4.78, 5) is 18.6. The molecule has 2 aromatic rings. The molecule has 1 heterocycles. The van der Waals surface area contributed by atoms with E-state index in [1.807, 2.05) is 0 Å². The van der Waals surface area contributed by atoms with Crippen LogP contribution in [0.25, 0.3) is 6.08 Å². The van der Waals surface area contributed by atoms with Crippen molar-refractivity contribution in [2.24, 2.45) is 4.99 Å². The lowest BCUT2D eigenvalue weighted by Crippen LogP contribution is -2.23. The molecule has 1 saturated heterocycles. The number of hydrogen-bond acceptors (Lipinski definition) is 4. The molecule has 1 N–H and O–H groups in total. The molecule has 0 bridgehead atoms. The predicted octanol–water partition coefficient (Wildman–Crippen LogP) is 3.77. The van der Waals surface area contributed by atoms with Gasteiger partial charge < -0.3 is 5.11 Å². The van der Waals surface area contributed by atoms with Gasteiger partial charge in [0.2, 0.25) is 0 Å². The summed E-state index contributed by atoms with van der Waals surface area (Å²) in [7, 11) is 1.64. The molecule has 0 spiro atoms. The highest BCUT2D eigenvalue weighted by Crippen LogP contribution is 2.33. The summed E-state index contributed by atoms with van der Waals surface area (Å²) in [6, 6.07) is 12.4. The lowest BCUT2D eigenvalue weighted by atomic mass is 10.2. The van der Waals surface area contributed by atoms with Crippen LogP contribution in [-0.4, -0.2) is 28.1 Å². The van der Waals surface area contributed by atoms with E-state index in [9.17, 15) is 14.3 Å². The summed E-state index contributed by atoms with van der Waals surface area (Å²) in [6.45, 7) is 0. The number of carbonyl (C=O) groups is 1. The van der Waals surface area contributed by atoms with Crippen molar-refractivity contribution in [2.75, 3.05) is 7.05 Å². The molecule has 6 heteroatoms. The van der Waals surface area contributed by atoms with Crippen LogP contribution in [0.5, 0.6) is 5.75 Å². The molecule has 0 radical (unpaired) electrons. The number of amidine groups is 1. The van der Waals surface area contributed by atoms with Crippen molar-refractivity contribution in [1.82, 2.24) is 4.90 Å². The fourth-order valence-electron chi connectivity index (χ4n) is 2.04. The molecule has 1 fully saturated rings. The first kappa shape index (κ1) is 15.3. The molecule has 4 nitrogen and oxygen atoms in total. The highest BCUT2D eigenvalue weighted by molar-refractivity contribution is 8.18. The van der Waals surface area contributed by atoms with Crippen molar-refractivity contribution in [2.45, 2.75) is 0 Å². The monoisotopic (exact) mass is 328 g/mol. The van der Waals surface area contributed by atoms with Crippen LogP contribution in [-0.2, 0) is 4.79 Å². The average molecular weight is 328 g/mol. The minimum Gasteiger partial charge on any atom is -0.508 e. The first-order valence-electron chi connectivity index (χ1n) is 6.84. The number of aromatic hydroxyl groups is 1. The second kappa shape index (κ2) is 6.26. The minimum absolute atomic E-state index is 0.157. The maximum atomic E-state index is 13.2. The van der Waals surface area contributed by atoms with Gasteiger partial charge in [-0.3, -0.25) is 9.69 Å². The van der Waals surface area contributed by atoms with Crippen molar-refractivity contribution in [3.63, 3.8) is 0 Å². The van der Waals surface area contributed by atoms with Gasteiger partial charge in [-0.15, -0.1) is 0 Å². The van der Waals surface area contributed by atoms with Crippen LogP contribution in [0.4, 0.5) is 10.1 Å². The second-order valence-electron chi connectivity index (χ2n) is 4.94. The van der Waals surface area contributed by atoms with Crippen LogP contribution in [0.2, 0.25) is 0 Å². The summed E-state index contributed by atoms with van der Waals surface area (Å²) < 4.78 is 13.2. The predicted molar refractivity (Wildman–Crippen MR) is 89.9 cm³/mol. The SMILES string of the molecule is CN1C(=O)/C(=C/c2cccc(F)c2)SC1=Nc1ccc(O)cc1. The van der Waals surface area contributed by atoms with Gasteiger partial charge in [0.05, 0.1) is 10.6 Å². The Balaban J connectivity index is 1.89. The van der Waals surface area contributed by atoms with E-state index in [1.165, 1.54) is 40.9 Å². The van der Waals surface area contributed by atoms with E-state index >= 15 is 0 Å². The quantitative estimate of drug-likeness (QED) is 0.854. The molecule has 0 aromatic heterocycles. The number of hydrogen-bond donors (Lipinski definition) is 1. The van der Waals surface area contributed by atoms with E-state index in [0.717, 1.165) is 0 Å². The number of benzene rings is 2. The number of aliphatic imine (C=N–C) groups is 1. The Morgan fingerprint density at radius 2 is 1.96 bits per heavy atom. The fourth-order valence-corrected chi connectivity index (χ4v) is 3.02. The Labute approximate surface area is 137 Å². The van der Waals surface area contributed by atoms with E-state index in [-0.39, 0.29) is 17.5 Å². The third-order valence-electron chi connectivity index (χ3n) is 3.22. The van der Waals surface area contributed by atoms with Crippen LogP contribution >= 0.6 is 11.8 Å². The molecule has 2 aromatic carbocycles. The van der Waals surface area contributed by atoms with Crippen LogP contribution in [0.15, 0.2) is 58.4 Å². The van der Waals surface area contributed by atoms with Crippen LogP contribution < -0.4 is 0 Å². The summed E-state index contributed by atoms with van der Waals surface area (Å²) in [5.74, 6) is -0.373. The van der Waals surface area contributed by atoms with Gasteiger partial charge in [0.15, 0.2) is 5.17 Å². The Kier molecular flexibility index (Phi) is 4.16. The van der Waals surface area contributed by atoms with E-state index in [2.05, 4.69) is 4.99 Å². The van der Waals surface area contributed by atoms with Crippen molar-refractivity contribution >= 4 is 34.6 Å². The van der Waals surface area contributed by atoms with Gasteiger partial charge >= 0.3 is 0 Å². The van der Waals surface area contributed by atoms with E-state index in [0.29, 0.717) is 21.3 Å². The van der Waals surface area contributed by atoms with Gasteiger partial charge in [-0.2, -0.15) is 0 Å². The molecule has 0 saturated carbocycles. The topological polar surface area (TPSA) is 52.9 Å². The number of thioether (sulfide) groups is 1. The largest absolute Gasteiger partial charge is 0.508 e. The van der Waals surface area contributed by atoms with E-state index in [4.69, 9.17) is 0 Å². The molecular weight excluding hydrogens is 315 g/mol. The smallest absolute Gasteiger partial charge is 0.266 e. The summed E-state index contributed by atoms with van der Waals surface area (Å²) in [5, 5.41) is 9.81. The van der Waals surface area contributed by atoms with Crippen molar-refractivity contribution < 1.29 is 14.3 Å². The first-order chi connectivity index (χ1) is 11.0. The summed E-state index contributed by atoms with van der Waals surface area (Å²) in [6.07, 6.45) is 1.64. The fraction of sp³-hybridized carbons (Fsp3) is 0.0588. The minimum atomic E-state index is -0.346. The Hall–Kier alpha value is -2.60. The molecular formula is C17H13FN2O2S. The highest BCUT2D eigenvalue weighted by atomic mass is 32.2. The van der Waals surface area contributed by atoms with E-state index < -0.39 is 0 Å². The molecule has 0 atom stereocenters. The Morgan fingerprint density at radius 3 is 2.65 bits per heavy atom. The molecule has 1 amide bonds. The molecule has 0 unspecified atom stereocenters. The summed E-state index contributed by atoms with van der Waals surface area (Å²) >= 11 is 1.23. The second-order valence-corrected chi connectivity index (χ2v) is 5.95. The molecule has 1 aliphatic rings. The highest BCUT2D eigenvalue weighted by Gasteiger charge is 2.30. The number of halogens is 1. The molecule has 3 rings (SSSR count). The van der Waals surface area contributed by atoms with Gasteiger partial charge in [-0.05, 0) is 59.8 Å². The Bertz CT molecular complexity index is 816. The molecule has 0 aliphatic carbocycles. The number of carbonyl (C=O) groups excluding carboxylic acids is 1. The summed E-state index contributed by atoms with van der Waals surface area (Å²) in [5.41, 5.74) is 1.26. The van der Waals surface area contributed by atoms with Gasteiger partial charge in [-0.25, -0.2) is 9.38 Å². The maximum absolute atomic E-state index is 13.2. The third kappa shape index (κ3) is 3.43. The molecule has 23 heavy (non-hydrogen) atoms. The van der Waals surface area contributed by atoms with Crippen LogP contribution in [0, 0.1) is 5.82 Å². The Morgan fingerprint density at radius 1 is 1.22 bits per heavy atom. The normalized spacial score (nSPS) is 18.2. The zero-order valence-electron chi connectivity index (χ0n) is 12.2. The number of phenolic OH excluding ortho intramolecular Hbond substituents is 1. The number of nitrogens with zero attached hydrogens (tertiary/aromatic N) is 2. The number of likely N-dealkylation sites (N-methyl/N-ethyl adjacent to an activating group) is 1. The zero-order valence-corrected chi connectivity index (χ0v) is 13.0. The first-order valence-corrected chi connectivity index (χ1v) is 7.65. The third-order valence-corrected chi connectivity index (χ3v) is 4.28. The number of amides is 1. The standard InChI is InChI=1S/C17H13FN2O2S/c1-20-16(22)15(10-11-3-2-4-12(18)9-11)23-17(20)19-13-5-7-14(21)8-6-13/h2-10,21H,1H3/b15-10-,19-17?. The molecule has 116 valence electrons. The number of rotatable bonds is 2. The van der Waals surface area contributed by atoms with Gasteiger partial charge in [-0.1, -0.05) is 12.1 Å². The number of phenols is 1. The van der Waals surface area contributed by atoms with Crippen LogP contribution in [0.3, 0.4) is 0 Å². The van der Waals surface area contributed by atoms with Gasteiger partial charge in [0.1, 0.15) is 11.6 Å². The lowest BCUT2D eigenvalue weighted by Gasteiger charge is -2.07. The van der Waals surface area contributed by atoms with Crippen molar-refractivity contribution in [3.8, 4) is 5.75 Å². The average Bonchev–Trinajstić information content (AvgIpc) is 2.78. The lowest BCUT2D eigenvalue weighted by molar-refractivity contribution is -0.121. The van der Waals surface area contributed by atoms with Crippen molar-refractivity contribution in [3.05, 3.63) is 64.8 Å². The van der Waals surface area contributed by atoms with Gasteiger partial charge in [0, 0.05) is 7.05 Å². The van der Waals surface area contributed by atoms with E-state index in [1.54, 1.807) is 37.4 Å². The van der Waals surface area contributed by atoms with Gasteiger partial charge in [0.25, 0.3) is 5.91 Å².